The molecule has 1 N–H and O–H groups in total. The molecule has 0 spiro atoms. The lowest BCUT2D eigenvalue weighted by atomic mass is 10.2. The molecular weight excluding hydrogens is 330 g/mol. The van der Waals surface area contributed by atoms with Crippen LogP contribution in [-0.2, 0) is 6.61 Å². The van der Waals surface area contributed by atoms with E-state index in [1.54, 1.807) is 6.07 Å². The molecule has 3 nitrogen and oxygen atoms in total. The summed E-state index contributed by atoms with van der Waals surface area (Å²) in [5, 5.41) is 12.1. The zero-order valence-electron chi connectivity index (χ0n) is 9.88. The Kier molecular flexibility index (Phi) is 4.82. The van der Waals surface area contributed by atoms with Crippen molar-refractivity contribution in [3.8, 4) is 5.75 Å². The van der Waals surface area contributed by atoms with Crippen LogP contribution in [0.4, 0.5) is 0 Å². The molecule has 2 aromatic rings. The Morgan fingerprint density at radius 3 is 2.79 bits per heavy atom. The molecule has 0 bridgehead atoms. The summed E-state index contributed by atoms with van der Waals surface area (Å²) >= 11 is 9.32. The summed E-state index contributed by atoms with van der Waals surface area (Å²) in [6.45, 7) is 0.437. The van der Waals surface area contributed by atoms with Gasteiger partial charge in [0, 0.05) is 5.02 Å². The molecule has 19 heavy (non-hydrogen) atoms. The summed E-state index contributed by atoms with van der Waals surface area (Å²) in [6.07, 6.45) is 1.35. The van der Waals surface area contributed by atoms with Crippen LogP contribution in [0.15, 0.2) is 52.1 Å². The second kappa shape index (κ2) is 6.59. The third-order valence-corrected chi connectivity index (χ3v) is 3.30. The van der Waals surface area contributed by atoms with Crippen LogP contribution >= 0.6 is 27.5 Å². The Labute approximate surface area is 124 Å². The smallest absolute Gasteiger partial charge is 0.134 e. The van der Waals surface area contributed by atoms with Crippen LogP contribution < -0.4 is 4.74 Å². The maximum absolute atomic E-state index is 8.47. The van der Waals surface area contributed by atoms with E-state index in [0.29, 0.717) is 11.6 Å². The summed E-state index contributed by atoms with van der Waals surface area (Å²) < 4.78 is 6.50. The van der Waals surface area contributed by atoms with Crippen molar-refractivity contribution in [2.75, 3.05) is 0 Å². The van der Waals surface area contributed by atoms with Crippen LogP contribution in [0.25, 0.3) is 0 Å². The quantitative estimate of drug-likeness (QED) is 0.506. The number of oxime groups is 1. The minimum Gasteiger partial charge on any atom is -0.488 e. The number of hydrogen-bond acceptors (Lipinski definition) is 3. The molecule has 0 aliphatic carbocycles. The van der Waals surface area contributed by atoms with Gasteiger partial charge in [0.25, 0.3) is 0 Å². The van der Waals surface area contributed by atoms with Gasteiger partial charge < -0.3 is 9.94 Å². The van der Waals surface area contributed by atoms with Gasteiger partial charge in [0.05, 0.1) is 10.7 Å². The van der Waals surface area contributed by atoms with Gasteiger partial charge in [0.1, 0.15) is 12.4 Å². The summed E-state index contributed by atoms with van der Waals surface area (Å²) in [5.74, 6) is 0.718. The maximum Gasteiger partial charge on any atom is 0.134 e. The van der Waals surface area contributed by atoms with E-state index in [1.165, 1.54) is 6.21 Å². The van der Waals surface area contributed by atoms with Crippen LogP contribution in [0.3, 0.4) is 0 Å². The first-order chi connectivity index (χ1) is 9.19. The molecular formula is C14H11BrClNO2. The van der Waals surface area contributed by atoms with E-state index >= 15 is 0 Å². The Morgan fingerprint density at radius 2 is 2.11 bits per heavy atom. The van der Waals surface area contributed by atoms with E-state index in [4.69, 9.17) is 21.5 Å². The molecule has 0 aromatic heterocycles. The van der Waals surface area contributed by atoms with Crippen molar-refractivity contribution in [2.24, 2.45) is 5.16 Å². The minimum atomic E-state index is 0.437. The van der Waals surface area contributed by atoms with Crippen molar-refractivity contribution in [2.45, 2.75) is 6.61 Å². The van der Waals surface area contributed by atoms with Gasteiger partial charge in [-0.2, -0.15) is 0 Å². The molecule has 0 aliphatic rings. The molecule has 0 radical (unpaired) electrons. The monoisotopic (exact) mass is 339 g/mol. The predicted octanol–water partition coefficient (Wildman–Crippen LogP) is 4.49. The lowest BCUT2D eigenvalue weighted by molar-refractivity contribution is 0.304. The van der Waals surface area contributed by atoms with Crippen molar-refractivity contribution >= 4 is 33.7 Å². The summed E-state index contributed by atoms with van der Waals surface area (Å²) in [4.78, 5) is 0. The van der Waals surface area contributed by atoms with Gasteiger partial charge >= 0.3 is 0 Å². The van der Waals surface area contributed by atoms with Crippen LogP contribution in [0.1, 0.15) is 11.1 Å². The fourth-order valence-electron chi connectivity index (χ4n) is 1.57. The van der Waals surface area contributed by atoms with E-state index in [1.807, 2.05) is 36.4 Å². The molecule has 0 heterocycles. The Morgan fingerprint density at radius 1 is 1.26 bits per heavy atom. The molecule has 0 aliphatic heterocycles. The number of nitrogens with zero attached hydrogens (tertiary/aromatic N) is 1. The molecule has 0 fully saturated rings. The van der Waals surface area contributed by atoms with Crippen LogP contribution in [0.5, 0.6) is 5.75 Å². The number of rotatable bonds is 4. The number of ether oxygens (including phenoxy) is 1. The third kappa shape index (κ3) is 3.98. The van der Waals surface area contributed by atoms with E-state index < -0.39 is 0 Å². The first-order valence-corrected chi connectivity index (χ1v) is 6.70. The second-order valence-electron chi connectivity index (χ2n) is 3.85. The lowest BCUT2D eigenvalue weighted by Crippen LogP contribution is -1.96. The molecule has 0 saturated carbocycles. The van der Waals surface area contributed by atoms with E-state index in [9.17, 15) is 0 Å². The average Bonchev–Trinajstić information content (AvgIpc) is 2.38. The fourth-order valence-corrected chi connectivity index (χ4v) is 2.29. The van der Waals surface area contributed by atoms with E-state index in [2.05, 4.69) is 21.1 Å². The van der Waals surface area contributed by atoms with E-state index in [-0.39, 0.29) is 0 Å². The number of halogens is 2. The third-order valence-electron chi connectivity index (χ3n) is 2.45. The maximum atomic E-state index is 8.47. The molecule has 5 heteroatoms. The molecule has 0 saturated heterocycles. The van der Waals surface area contributed by atoms with Crippen molar-refractivity contribution in [1.82, 2.24) is 0 Å². The molecule has 2 rings (SSSR count). The second-order valence-corrected chi connectivity index (χ2v) is 5.14. The topological polar surface area (TPSA) is 41.8 Å². The highest BCUT2D eigenvalue weighted by Crippen LogP contribution is 2.26. The average molecular weight is 341 g/mol. The van der Waals surface area contributed by atoms with Gasteiger partial charge in [-0.1, -0.05) is 28.9 Å². The van der Waals surface area contributed by atoms with Crippen molar-refractivity contribution in [3.05, 3.63) is 63.1 Å². The summed E-state index contributed by atoms with van der Waals surface area (Å²) in [6, 6.07) is 13.0. The Hall–Kier alpha value is -1.52. The molecule has 2 aromatic carbocycles. The number of benzene rings is 2. The molecule has 0 amide bonds. The fraction of sp³-hybridized carbons (Fsp3) is 0.0714. The number of hydrogen-bond donors (Lipinski definition) is 1. The van der Waals surface area contributed by atoms with Gasteiger partial charge in [-0.15, -0.1) is 0 Å². The molecule has 98 valence electrons. The van der Waals surface area contributed by atoms with E-state index in [0.717, 1.165) is 21.3 Å². The Balaban J connectivity index is 2.07. The van der Waals surface area contributed by atoms with Gasteiger partial charge in [0.15, 0.2) is 0 Å². The standard InChI is InChI=1S/C14H11BrClNO2/c15-13-7-10(8-17-18)4-5-14(13)19-9-11-2-1-3-12(16)6-11/h1-8,18H,9H2/b17-8-. The normalized spacial score (nSPS) is 10.8. The summed E-state index contributed by atoms with van der Waals surface area (Å²) in [7, 11) is 0. The minimum absolute atomic E-state index is 0.437. The SMILES string of the molecule is O/N=C\c1ccc(OCc2cccc(Cl)c2)c(Br)c1. The van der Waals surface area contributed by atoms with Gasteiger partial charge in [-0.25, -0.2) is 0 Å². The highest BCUT2D eigenvalue weighted by Gasteiger charge is 2.03. The van der Waals surface area contributed by atoms with Crippen LogP contribution in [0.2, 0.25) is 5.02 Å². The van der Waals surface area contributed by atoms with Crippen LogP contribution in [0, 0.1) is 0 Å². The van der Waals surface area contributed by atoms with Crippen LogP contribution in [-0.4, -0.2) is 11.4 Å². The highest BCUT2D eigenvalue weighted by molar-refractivity contribution is 9.10. The predicted molar refractivity (Wildman–Crippen MR) is 79.3 cm³/mol. The molecule has 0 unspecified atom stereocenters. The van der Waals surface area contributed by atoms with Crippen molar-refractivity contribution in [3.63, 3.8) is 0 Å². The Bertz CT molecular complexity index is 602. The molecule has 0 atom stereocenters. The van der Waals surface area contributed by atoms with Gasteiger partial charge in [-0.3, -0.25) is 0 Å². The van der Waals surface area contributed by atoms with Gasteiger partial charge in [-0.05, 0) is 57.4 Å². The highest BCUT2D eigenvalue weighted by atomic mass is 79.9. The van der Waals surface area contributed by atoms with Crippen molar-refractivity contribution in [1.29, 1.82) is 0 Å². The van der Waals surface area contributed by atoms with Crippen molar-refractivity contribution < 1.29 is 9.94 Å². The lowest BCUT2D eigenvalue weighted by Gasteiger charge is -2.09. The summed E-state index contributed by atoms with van der Waals surface area (Å²) in [5.41, 5.74) is 1.78. The zero-order chi connectivity index (χ0) is 13.7. The largest absolute Gasteiger partial charge is 0.488 e. The first-order valence-electron chi connectivity index (χ1n) is 5.53. The van der Waals surface area contributed by atoms with Gasteiger partial charge in [0.2, 0.25) is 0 Å². The zero-order valence-corrected chi connectivity index (χ0v) is 12.2. The first kappa shape index (κ1) is 13.9.